The van der Waals surface area contributed by atoms with Gasteiger partial charge in [-0.2, -0.15) is 0 Å². The van der Waals surface area contributed by atoms with Crippen LogP contribution in [-0.4, -0.2) is 11.1 Å². The van der Waals surface area contributed by atoms with Gasteiger partial charge in [0.05, 0.1) is 0 Å². The van der Waals surface area contributed by atoms with E-state index in [1.165, 1.54) is 17.2 Å². The molecular weight excluding hydrogens is 244 g/mol. The SMILES string of the molecule is O=C(O)/C=C1\c2ccccc2CCc2ccsc21. The van der Waals surface area contributed by atoms with Gasteiger partial charge in [0.25, 0.3) is 0 Å². The zero-order valence-electron chi connectivity index (χ0n) is 9.72. The molecule has 1 aromatic heterocycles. The molecule has 3 rings (SSSR count). The number of fused-ring (bicyclic) bond motifs is 2. The molecule has 0 amide bonds. The maximum absolute atomic E-state index is 11.0. The van der Waals surface area contributed by atoms with Crippen LogP contribution in [0.3, 0.4) is 0 Å². The molecule has 1 N–H and O–H groups in total. The summed E-state index contributed by atoms with van der Waals surface area (Å²) < 4.78 is 0. The average Bonchev–Trinajstić information content (AvgIpc) is 2.77. The van der Waals surface area contributed by atoms with Crippen LogP contribution in [-0.2, 0) is 17.6 Å². The summed E-state index contributed by atoms with van der Waals surface area (Å²) in [4.78, 5) is 12.1. The third-order valence-corrected chi connectivity index (χ3v) is 4.22. The molecule has 2 aromatic rings. The van der Waals surface area contributed by atoms with Gasteiger partial charge in [-0.25, -0.2) is 4.79 Å². The maximum Gasteiger partial charge on any atom is 0.328 e. The highest BCUT2D eigenvalue weighted by atomic mass is 32.1. The molecule has 3 heteroatoms. The lowest BCUT2D eigenvalue weighted by atomic mass is 9.99. The van der Waals surface area contributed by atoms with E-state index in [2.05, 4.69) is 12.1 Å². The fourth-order valence-corrected chi connectivity index (χ4v) is 3.41. The van der Waals surface area contributed by atoms with Gasteiger partial charge in [-0.05, 0) is 41.0 Å². The van der Waals surface area contributed by atoms with Crippen LogP contribution in [0.25, 0.3) is 5.57 Å². The van der Waals surface area contributed by atoms with E-state index in [1.807, 2.05) is 23.6 Å². The Morgan fingerprint density at radius 2 is 1.94 bits per heavy atom. The van der Waals surface area contributed by atoms with Gasteiger partial charge in [0.1, 0.15) is 0 Å². The molecule has 0 atom stereocenters. The van der Waals surface area contributed by atoms with E-state index in [1.54, 1.807) is 11.3 Å². The standard InChI is InChI=1S/C15H12O2S/c16-14(17)9-13-12-4-2-1-3-10(12)5-6-11-7-8-18-15(11)13/h1-4,7-9H,5-6H2,(H,16,17)/b13-9+. The number of rotatable bonds is 1. The molecule has 0 fully saturated rings. The summed E-state index contributed by atoms with van der Waals surface area (Å²) in [5, 5.41) is 11.1. The Morgan fingerprint density at radius 3 is 2.78 bits per heavy atom. The van der Waals surface area contributed by atoms with Crippen LogP contribution in [0.4, 0.5) is 0 Å². The quantitative estimate of drug-likeness (QED) is 0.794. The Kier molecular flexibility index (Phi) is 2.76. The minimum absolute atomic E-state index is 0.848. The first-order chi connectivity index (χ1) is 8.75. The largest absolute Gasteiger partial charge is 0.478 e. The third-order valence-electron chi connectivity index (χ3n) is 3.23. The molecule has 0 unspecified atom stereocenters. The van der Waals surface area contributed by atoms with Crippen molar-refractivity contribution in [1.29, 1.82) is 0 Å². The van der Waals surface area contributed by atoms with Crippen LogP contribution in [0.5, 0.6) is 0 Å². The van der Waals surface area contributed by atoms with Crippen molar-refractivity contribution in [3.05, 3.63) is 63.4 Å². The summed E-state index contributed by atoms with van der Waals surface area (Å²) >= 11 is 1.62. The van der Waals surface area contributed by atoms with Crippen LogP contribution >= 0.6 is 11.3 Å². The first kappa shape index (κ1) is 11.2. The van der Waals surface area contributed by atoms with Gasteiger partial charge >= 0.3 is 5.97 Å². The van der Waals surface area contributed by atoms with Crippen LogP contribution in [0.1, 0.15) is 21.6 Å². The van der Waals surface area contributed by atoms with E-state index >= 15 is 0 Å². The molecule has 0 saturated heterocycles. The number of benzene rings is 1. The van der Waals surface area contributed by atoms with Crippen molar-refractivity contribution in [2.75, 3.05) is 0 Å². The first-order valence-electron chi connectivity index (χ1n) is 5.85. The minimum Gasteiger partial charge on any atom is -0.478 e. The molecule has 1 heterocycles. The van der Waals surface area contributed by atoms with Gasteiger partial charge in [0, 0.05) is 16.5 Å². The Morgan fingerprint density at radius 1 is 1.17 bits per heavy atom. The second kappa shape index (κ2) is 4.42. The molecule has 0 radical (unpaired) electrons. The molecule has 2 nitrogen and oxygen atoms in total. The molecule has 0 saturated carbocycles. The van der Waals surface area contributed by atoms with E-state index in [9.17, 15) is 4.79 Å². The normalized spacial score (nSPS) is 15.9. The number of aryl methyl sites for hydroxylation is 2. The molecular formula is C15H12O2S. The molecule has 0 bridgehead atoms. The summed E-state index contributed by atoms with van der Waals surface area (Å²) in [6.07, 6.45) is 3.28. The zero-order valence-corrected chi connectivity index (χ0v) is 10.5. The molecule has 1 aliphatic rings. The number of hydrogen-bond acceptors (Lipinski definition) is 2. The molecule has 0 spiro atoms. The van der Waals surface area contributed by atoms with Crippen molar-refractivity contribution in [2.45, 2.75) is 12.8 Å². The van der Waals surface area contributed by atoms with E-state index in [0.29, 0.717) is 0 Å². The highest BCUT2D eigenvalue weighted by Gasteiger charge is 2.19. The lowest BCUT2D eigenvalue weighted by Crippen LogP contribution is -1.95. The van der Waals surface area contributed by atoms with E-state index < -0.39 is 5.97 Å². The highest BCUT2D eigenvalue weighted by Crippen LogP contribution is 2.36. The van der Waals surface area contributed by atoms with Crippen molar-refractivity contribution >= 4 is 22.9 Å². The highest BCUT2D eigenvalue weighted by molar-refractivity contribution is 7.11. The first-order valence-corrected chi connectivity index (χ1v) is 6.73. The number of carbonyl (C=O) groups is 1. The number of carboxylic acid groups (broad SMARTS) is 1. The number of hydrogen-bond donors (Lipinski definition) is 1. The maximum atomic E-state index is 11.0. The fourth-order valence-electron chi connectivity index (χ4n) is 2.43. The lowest BCUT2D eigenvalue weighted by molar-refractivity contribution is -0.131. The van der Waals surface area contributed by atoms with Gasteiger partial charge in [-0.15, -0.1) is 11.3 Å². The predicted molar refractivity (Wildman–Crippen MR) is 72.9 cm³/mol. The summed E-state index contributed by atoms with van der Waals surface area (Å²) in [5.41, 5.74) is 4.39. The second-order valence-electron chi connectivity index (χ2n) is 4.33. The Hall–Kier alpha value is -1.87. The molecule has 0 aliphatic heterocycles. The minimum atomic E-state index is -0.888. The zero-order chi connectivity index (χ0) is 12.5. The van der Waals surface area contributed by atoms with Gasteiger partial charge in [-0.3, -0.25) is 0 Å². The number of carboxylic acids is 1. The van der Waals surface area contributed by atoms with Crippen molar-refractivity contribution in [1.82, 2.24) is 0 Å². The number of thiophene rings is 1. The van der Waals surface area contributed by atoms with E-state index in [0.717, 1.165) is 28.9 Å². The summed E-state index contributed by atoms with van der Waals surface area (Å²) in [6.45, 7) is 0. The Bertz CT molecular complexity index is 637. The molecule has 1 aliphatic carbocycles. The summed E-state index contributed by atoms with van der Waals surface area (Å²) in [6, 6.07) is 10.2. The topological polar surface area (TPSA) is 37.3 Å². The number of aliphatic carboxylic acids is 1. The van der Waals surface area contributed by atoms with Crippen molar-refractivity contribution < 1.29 is 9.90 Å². The van der Waals surface area contributed by atoms with Crippen LogP contribution < -0.4 is 0 Å². The van der Waals surface area contributed by atoms with Crippen molar-refractivity contribution in [2.24, 2.45) is 0 Å². The van der Waals surface area contributed by atoms with Crippen LogP contribution in [0.2, 0.25) is 0 Å². The van der Waals surface area contributed by atoms with Crippen molar-refractivity contribution in [3.63, 3.8) is 0 Å². The lowest BCUT2D eigenvalue weighted by Gasteiger charge is -2.08. The monoisotopic (exact) mass is 256 g/mol. The molecule has 1 aromatic carbocycles. The third kappa shape index (κ3) is 1.87. The second-order valence-corrected chi connectivity index (χ2v) is 5.24. The van der Waals surface area contributed by atoms with Crippen LogP contribution in [0, 0.1) is 0 Å². The molecule has 90 valence electrons. The van der Waals surface area contributed by atoms with Crippen molar-refractivity contribution in [3.8, 4) is 0 Å². The molecule has 18 heavy (non-hydrogen) atoms. The smallest absolute Gasteiger partial charge is 0.328 e. The van der Waals surface area contributed by atoms with Gasteiger partial charge in [0.15, 0.2) is 0 Å². The summed E-state index contributed by atoms with van der Waals surface area (Å²) in [5.74, 6) is -0.888. The van der Waals surface area contributed by atoms with Gasteiger partial charge in [0.2, 0.25) is 0 Å². The van der Waals surface area contributed by atoms with E-state index in [4.69, 9.17) is 5.11 Å². The summed E-state index contributed by atoms with van der Waals surface area (Å²) in [7, 11) is 0. The fraction of sp³-hybridized carbons (Fsp3) is 0.133. The predicted octanol–water partition coefficient (Wildman–Crippen LogP) is 3.36. The Balaban J connectivity index is 2.26. The van der Waals surface area contributed by atoms with Crippen LogP contribution in [0.15, 0.2) is 41.8 Å². The Labute approximate surface area is 109 Å². The van der Waals surface area contributed by atoms with Gasteiger partial charge in [-0.1, -0.05) is 24.3 Å². The van der Waals surface area contributed by atoms with E-state index in [-0.39, 0.29) is 0 Å². The van der Waals surface area contributed by atoms with Gasteiger partial charge < -0.3 is 5.11 Å². The average molecular weight is 256 g/mol.